The first-order valence-electron chi connectivity index (χ1n) is 7.36. The molecule has 22 heavy (non-hydrogen) atoms. The third kappa shape index (κ3) is 1.06. The van der Waals surface area contributed by atoms with Crippen molar-refractivity contribution in [3.05, 3.63) is 11.1 Å². The molecule has 0 radical (unpaired) electrons. The Bertz CT molecular complexity index is 614. The van der Waals surface area contributed by atoms with Crippen LogP contribution in [0.15, 0.2) is 11.1 Å². The van der Waals surface area contributed by atoms with E-state index in [1.807, 2.05) is 13.8 Å². The molecule has 4 atom stereocenters. The van der Waals surface area contributed by atoms with E-state index in [2.05, 4.69) is 0 Å². The number of carbonyl (C=O) groups is 4. The van der Waals surface area contributed by atoms with E-state index in [4.69, 9.17) is 9.47 Å². The van der Waals surface area contributed by atoms with Gasteiger partial charge in [0, 0.05) is 10.8 Å². The molecule has 0 aromatic heterocycles. The zero-order valence-electron chi connectivity index (χ0n) is 12.8. The SMILES string of the molecule is CC1=C(C)C2(C)C3C(=O)OC(=O)C3C1(C)C1C(=O)OC(=O)C12. The highest BCUT2D eigenvalue weighted by atomic mass is 16.6. The van der Waals surface area contributed by atoms with E-state index in [9.17, 15) is 19.2 Å². The summed E-state index contributed by atoms with van der Waals surface area (Å²) in [6.07, 6.45) is 0. The number of carbonyl (C=O) groups excluding carboxylic acids is 4. The zero-order chi connectivity index (χ0) is 16.2. The van der Waals surface area contributed by atoms with Gasteiger partial charge in [0.15, 0.2) is 0 Å². The zero-order valence-corrected chi connectivity index (χ0v) is 12.8. The number of hydrogen-bond acceptors (Lipinski definition) is 6. The largest absolute Gasteiger partial charge is 0.393 e. The minimum absolute atomic E-state index is 0.596. The third-order valence-corrected chi connectivity index (χ3v) is 6.85. The van der Waals surface area contributed by atoms with Crippen LogP contribution in [-0.2, 0) is 28.7 Å². The van der Waals surface area contributed by atoms with Crippen molar-refractivity contribution in [1.29, 1.82) is 0 Å². The van der Waals surface area contributed by atoms with E-state index in [-0.39, 0.29) is 0 Å². The van der Waals surface area contributed by atoms with Crippen molar-refractivity contribution >= 4 is 23.9 Å². The van der Waals surface area contributed by atoms with Gasteiger partial charge in [0.1, 0.15) is 0 Å². The molecule has 0 spiro atoms. The average molecular weight is 304 g/mol. The molecule has 2 heterocycles. The van der Waals surface area contributed by atoms with Crippen molar-refractivity contribution < 1.29 is 28.7 Å². The van der Waals surface area contributed by atoms with Crippen molar-refractivity contribution in [1.82, 2.24) is 0 Å². The number of hydrogen-bond donors (Lipinski definition) is 0. The summed E-state index contributed by atoms with van der Waals surface area (Å²) in [5.74, 6) is -5.30. The molecule has 2 aliphatic heterocycles. The normalized spacial score (nSPS) is 49.3. The van der Waals surface area contributed by atoms with Gasteiger partial charge < -0.3 is 9.47 Å². The van der Waals surface area contributed by atoms with E-state index < -0.39 is 58.4 Å². The summed E-state index contributed by atoms with van der Waals surface area (Å²) in [7, 11) is 0. The molecule has 3 fully saturated rings. The van der Waals surface area contributed by atoms with E-state index >= 15 is 0 Å². The van der Waals surface area contributed by atoms with Crippen molar-refractivity contribution in [2.45, 2.75) is 27.7 Å². The van der Waals surface area contributed by atoms with E-state index in [1.54, 1.807) is 13.8 Å². The number of cyclic esters (lactones) is 4. The van der Waals surface area contributed by atoms with Crippen LogP contribution in [0.3, 0.4) is 0 Å². The molecule has 0 amide bonds. The lowest BCUT2D eigenvalue weighted by atomic mass is 9.38. The molecule has 1 saturated carbocycles. The van der Waals surface area contributed by atoms with Gasteiger partial charge in [-0.1, -0.05) is 25.0 Å². The third-order valence-electron chi connectivity index (χ3n) is 6.85. The van der Waals surface area contributed by atoms with Crippen molar-refractivity contribution in [3.8, 4) is 0 Å². The highest BCUT2D eigenvalue weighted by molar-refractivity contribution is 6.05. The molecule has 2 bridgehead atoms. The molecule has 0 aromatic rings. The van der Waals surface area contributed by atoms with Crippen molar-refractivity contribution in [3.63, 3.8) is 0 Å². The maximum atomic E-state index is 12.3. The standard InChI is InChI=1S/C16H16O6/c1-5-6(2)16(4)9-7(11(17)21-13(9)19)15(5,3)8-10(16)14(20)22-12(8)18/h7-10H,1-4H3. The van der Waals surface area contributed by atoms with E-state index in [0.717, 1.165) is 11.1 Å². The van der Waals surface area contributed by atoms with Gasteiger partial charge in [-0.3, -0.25) is 19.2 Å². The topological polar surface area (TPSA) is 86.7 Å². The fourth-order valence-corrected chi connectivity index (χ4v) is 5.49. The van der Waals surface area contributed by atoms with Crippen molar-refractivity contribution in [2.24, 2.45) is 34.5 Å². The molecule has 6 heteroatoms. The maximum absolute atomic E-state index is 12.3. The first kappa shape index (κ1) is 13.7. The Morgan fingerprint density at radius 2 is 0.864 bits per heavy atom. The quantitative estimate of drug-likeness (QED) is 0.377. The van der Waals surface area contributed by atoms with Crippen LogP contribution < -0.4 is 0 Å². The Labute approximate surface area is 126 Å². The Balaban J connectivity index is 2.10. The summed E-state index contributed by atoms with van der Waals surface area (Å²) in [6.45, 7) is 7.29. The average Bonchev–Trinajstić information content (AvgIpc) is 2.91. The van der Waals surface area contributed by atoms with Crippen molar-refractivity contribution in [2.75, 3.05) is 0 Å². The molecule has 116 valence electrons. The summed E-state index contributed by atoms with van der Waals surface area (Å²) in [4.78, 5) is 49.1. The van der Waals surface area contributed by atoms with Crippen LogP contribution in [0.2, 0.25) is 0 Å². The van der Waals surface area contributed by atoms with Crippen LogP contribution in [0.4, 0.5) is 0 Å². The molecule has 2 saturated heterocycles. The highest BCUT2D eigenvalue weighted by Crippen LogP contribution is 2.72. The van der Waals surface area contributed by atoms with Crippen LogP contribution in [0.1, 0.15) is 27.7 Å². The molecule has 6 nitrogen and oxygen atoms in total. The first-order chi connectivity index (χ1) is 10.2. The lowest BCUT2D eigenvalue weighted by Gasteiger charge is -2.60. The fraction of sp³-hybridized carbons (Fsp3) is 0.625. The lowest BCUT2D eigenvalue weighted by Crippen LogP contribution is -2.64. The highest BCUT2D eigenvalue weighted by Gasteiger charge is 2.79. The van der Waals surface area contributed by atoms with Gasteiger partial charge in [0.2, 0.25) is 0 Å². The molecule has 0 aromatic carbocycles. The summed E-state index contributed by atoms with van der Waals surface area (Å²) in [5, 5.41) is 0. The molecule has 5 rings (SSSR count). The lowest BCUT2D eigenvalue weighted by molar-refractivity contribution is -0.158. The number of esters is 4. The van der Waals surface area contributed by atoms with Gasteiger partial charge in [-0.2, -0.15) is 0 Å². The second-order valence-corrected chi connectivity index (χ2v) is 7.21. The van der Waals surface area contributed by atoms with Gasteiger partial charge in [-0.25, -0.2) is 0 Å². The summed E-state index contributed by atoms with van der Waals surface area (Å²) in [5.41, 5.74) is -0.0561. The molecule has 0 N–H and O–H groups in total. The first-order valence-corrected chi connectivity index (χ1v) is 7.36. The summed E-state index contributed by atoms with van der Waals surface area (Å²) < 4.78 is 9.77. The van der Waals surface area contributed by atoms with Gasteiger partial charge in [0.25, 0.3) is 0 Å². The fourth-order valence-electron chi connectivity index (χ4n) is 5.49. The van der Waals surface area contributed by atoms with Crippen LogP contribution in [-0.4, -0.2) is 23.9 Å². The molecule has 4 unspecified atom stereocenters. The van der Waals surface area contributed by atoms with Gasteiger partial charge in [-0.05, 0) is 13.8 Å². The van der Waals surface area contributed by atoms with E-state index in [0.29, 0.717) is 0 Å². The predicted molar refractivity (Wildman–Crippen MR) is 70.7 cm³/mol. The summed E-state index contributed by atoms with van der Waals surface area (Å²) >= 11 is 0. The second-order valence-electron chi connectivity index (χ2n) is 7.21. The minimum Gasteiger partial charge on any atom is -0.393 e. The Kier molecular flexibility index (Phi) is 2.17. The number of allylic oxidation sites excluding steroid dienone is 2. The Morgan fingerprint density at radius 1 is 0.636 bits per heavy atom. The summed E-state index contributed by atoms with van der Waals surface area (Å²) in [6, 6.07) is 0. The Morgan fingerprint density at radius 3 is 1.09 bits per heavy atom. The minimum atomic E-state index is -0.913. The Hall–Kier alpha value is -1.98. The predicted octanol–water partition coefficient (Wildman–Crippen LogP) is 0.994. The van der Waals surface area contributed by atoms with Crippen LogP contribution >= 0.6 is 0 Å². The number of rotatable bonds is 0. The monoisotopic (exact) mass is 304 g/mol. The van der Waals surface area contributed by atoms with Crippen LogP contribution in [0.25, 0.3) is 0 Å². The smallest absolute Gasteiger partial charge is 0.318 e. The molecular weight excluding hydrogens is 288 g/mol. The number of ether oxygens (including phenoxy) is 2. The van der Waals surface area contributed by atoms with Crippen LogP contribution in [0, 0.1) is 34.5 Å². The molecule has 3 aliphatic carbocycles. The molecule has 5 aliphatic rings. The van der Waals surface area contributed by atoms with E-state index in [1.165, 1.54) is 0 Å². The van der Waals surface area contributed by atoms with Crippen LogP contribution in [0.5, 0.6) is 0 Å². The van der Waals surface area contributed by atoms with Gasteiger partial charge in [-0.15, -0.1) is 0 Å². The van der Waals surface area contributed by atoms with Gasteiger partial charge >= 0.3 is 23.9 Å². The maximum Gasteiger partial charge on any atom is 0.318 e. The second kappa shape index (κ2) is 3.50. The molecular formula is C16H16O6. The van der Waals surface area contributed by atoms with Gasteiger partial charge in [0.05, 0.1) is 23.7 Å².